The van der Waals surface area contributed by atoms with Crippen LogP contribution in [-0.4, -0.2) is 47.7 Å². The van der Waals surface area contributed by atoms with Gasteiger partial charge in [-0.05, 0) is 22.9 Å². The highest BCUT2D eigenvalue weighted by Crippen LogP contribution is 2.26. The van der Waals surface area contributed by atoms with E-state index in [4.69, 9.17) is 9.84 Å². The van der Waals surface area contributed by atoms with Crippen LogP contribution in [0, 0.1) is 0 Å². The number of carbonyl (C=O) groups is 2. The first kappa shape index (κ1) is 16.0. The van der Waals surface area contributed by atoms with Gasteiger partial charge in [-0.1, -0.05) is 40.2 Å². The van der Waals surface area contributed by atoms with Gasteiger partial charge in [0, 0.05) is 16.6 Å². The third-order valence-corrected chi connectivity index (χ3v) is 4.41. The molecule has 5 nitrogen and oxygen atoms in total. The summed E-state index contributed by atoms with van der Waals surface area (Å²) in [6.07, 6.45) is -0.113. The van der Waals surface area contributed by atoms with Crippen molar-refractivity contribution in [1.82, 2.24) is 4.90 Å². The predicted octanol–water partition coefficient (Wildman–Crippen LogP) is 2.92. The summed E-state index contributed by atoms with van der Waals surface area (Å²) >= 11 is 3.44. The molecule has 1 heterocycles. The lowest BCUT2D eigenvalue weighted by Crippen LogP contribution is -2.49. The van der Waals surface area contributed by atoms with Crippen molar-refractivity contribution < 1.29 is 19.4 Å². The summed E-state index contributed by atoms with van der Waals surface area (Å²) in [5, 5.41) is 10.9. The van der Waals surface area contributed by atoms with Gasteiger partial charge in [-0.25, -0.2) is 0 Å². The van der Waals surface area contributed by atoms with E-state index in [0.29, 0.717) is 18.7 Å². The Morgan fingerprint density at radius 3 is 2.87 bits per heavy atom. The average molecular weight is 378 g/mol. The fraction of sp³-hybridized carbons (Fsp3) is 0.294. The molecule has 1 amide bonds. The van der Waals surface area contributed by atoms with Crippen molar-refractivity contribution in [3.05, 3.63) is 46.4 Å². The Kier molecular flexibility index (Phi) is 4.63. The number of amides is 1. The summed E-state index contributed by atoms with van der Waals surface area (Å²) in [6, 6.07) is 11.0. The molecule has 1 saturated heterocycles. The van der Waals surface area contributed by atoms with Gasteiger partial charge in [0.2, 0.25) is 0 Å². The van der Waals surface area contributed by atoms with Gasteiger partial charge in [0.25, 0.3) is 5.91 Å². The lowest BCUT2D eigenvalue weighted by Gasteiger charge is -2.35. The van der Waals surface area contributed by atoms with Crippen molar-refractivity contribution in [3.8, 4) is 0 Å². The van der Waals surface area contributed by atoms with Crippen molar-refractivity contribution >= 4 is 38.6 Å². The highest BCUT2D eigenvalue weighted by atomic mass is 79.9. The van der Waals surface area contributed by atoms with E-state index in [0.717, 1.165) is 15.2 Å². The molecular formula is C17H16BrNO4. The van der Waals surface area contributed by atoms with Crippen molar-refractivity contribution in [2.45, 2.75) is 12.5 Å². The number of aliphatic carboxylic acids is 1. The molecule has 2 aromatic rings. The van der Waals surface area contributed by atoms with Gasteiger partial charge in [-0.15, -0.1) is 0 Å². The number of carbonyl (C=O) groups excluding carboxylic acids is 1. The maximum Gasteiger partial charge on any atom is 0.305 e. The lowest BCUT2D eigenvalue weighted by atomic mass is 10.0. The van der Waals surface area contributed by atoms with Gasteiger partial charge in [0.15, 0.2) is 0 Å². The molecule has 1 N–H and O–H groups in total. The highest BCUT2D eigenvalue weighted by Gasteiger charge is 2.30. The van der Waals surface area contributed by atoms with Crippen LogP contribution in [0.3, 0.4) is 0 Å². The fourth-order valence-corrected chi connectivity index (χ4v) is 3.37. The Hall–Kier alpha value is -1.92. The van der Waals surface area contributed by atoms with Gasteiger partial charge in [-0.3, -0.25) is 9.59 Å². The Balaban J connectivity index is 2.00. The number of ether oxygens (including phenoxy) is 1. The predicted molar refractivity (Wildman–Crippen MR) is 89.5 cm³/mol. The molecule has 1 aliphatic rings. The summed E-state index contributed by atoms with van der Waals surface area (Å²) in [6.45, 7) is 1.08. The maximum absolute atomic E-state index is 13.0. The minimum atomic E-state index is -0.933. The molecule has 3 rings (SSSR count). The van der Waals surface area contributed by atoms with E-state index in [2.05, 4.69) is 15.9 Å². The number of hydrogen-bond acceptors (Lipinski definition) is 3. The van der Waals surface area contributed by atoms with Crippen LogP contribution < -0.4 is 0 Å². The standard InChI is InChI=1S/C17H16BrNO4/c18-12-7-11-3-1-2-4-14(11)15(8-12)17(22)19-5-6-23-10-13(19)9-16(20)21/h1-4,7-8,13H,5-6,9-10H2,(H,20,21). The van der Waals surface area contributed by atoms with Gasteiger partial charge < -0.3 is 14.7 Å². The molecule has 6 heteroatoms. The van der Waals surface area contributed by atoms with Crippen LogP contribution in [0.25, 0.3) is 10.8 Å². The number of halogens is 1. The summed E-state index contributed by atoms with van der Waals surface area (Å²) in [5.41, 5.74) is 0.576. The van der Waals surface area contributed by atoms with E-state index < -0.39 is 12.0 Å². The number of benzene rings is 2. The Morgan fingerprint density at radius 2 is 2.09 bits per heavy atom. The molecule has 0 saturated carbocycles. The van der Waals surface area contributed by atoms with Crippen LogP contribution in [0.15, 0.2) is 40.9 Å². The second kappa shape index (κ2) is 6.68. The number of fused-ring (bicyclic) bond motifs is 1. The molecule has 1 unspecified atom stereocenters. The Bertz CT molecular complexity index is 761. The highest BCUT2D eigenvalue weighted by molar-refractivity contribution is 9.10. The first-order valence-electron chi connectivity index (χ1n) is 7.35. The van der Waals surface area contributed by atoms with Crippen LogP contribution in [0.2, 0.25) is 0 Å². The molecule has 0 aliphatic carbocycles. The summed E-state index contributed by atoms with van der Waals surface area (Å²) in [5.74, 6) is -1.09. The van der Waals surface area contributed by atoms with Crippen molar-refractivity contribution in [1.29, 1.82) is 0 Å². The van der Waals surface area contributed by atoms with Crippen LogP contribution in [0.5, 0.6) is 0 Å². The second-order valence-electron chi connectivity index (χ2n) is 5.50. The van der Waals surface area contributed by atoms with E-state index in [9.17, 15) is 9.59 Å². The van der Waals surface area contributed by atoms with Crippen molar-refractivity contribution in [2.24, 2.45) is 0 Å². The zero-order valence-electron chi connectivity index (χ0n) is 12.4. The summed E-state index contributed by atoms with van der Waals surface area (Å²) < 4.78 is 6.17. The van der Waals surface area contributed by atoms with Gasteiger partial charge in [-0.2, -0.15) is 0 Å². The summed E-state index contributed by atoms with van der Waals surface area (Å²) in [4.78, 5) is 25.7. The monoisotopic (exact) mass is 377 g/mol. The van der Waals surface area contributed by atoms with E-state index in [-0.39, 0.29) is 18.9 Å². The molecule has 0 spiro atoms. The minimum Gasteiger partial charge on any atom is -0.481 e. The van der Waals surface area contributed by atoms with Crippen LogP contribution in [0.1, 0.15) is 16.8 Å². The molecule has 1 atom stereocenters. The number of nitrogens with zero attached hydrogens (tertiary/aromatic N) is 1. The van der Waals surface area contributed by atoms with E-state index in [1.165, 1.54) is 0 Å². The quantitative estimate of drug-likeness (QED) is 0.892. The van der Waals surface area contributed by atoms with Crippen LogP contribution >= 0.6 is 15.9 Å². The zero-order chi connectivity index (χ0) is 16.4. The Morgan fingerprint density at radius 1 is 1.30 bits per heavy atom. The molecule has 2 aromatic carbocycles. The molecule has 23 heavy (non-hydrogen) atoms. The topological polar surface area (TPSA) is 66.8 Å². The van der Waals surface area contributed by atoms with E-state index in [1.807, 2.05) is 30.3 Å². The smallest absolute Gasteiger partial charge is 0.305 e. The number of carboxylic acids is 1. The largest absolute Gasteiger partial charge is 0.481 e. The SMILES string of the molecule is O=C(O)CC1COCCN1C(=O)c1cc(Br)cc2ccccc12. The molecule has 120 valence electrons. The molecule has 1 fully saturated rings. The van der Waals surface area contributed by atoms with Crippen molar-refractivity contribution in [2.75, 3.05) is 19.8 Å². The zero-order valence-corrected chi connectivity index (χ0v) is 14.0. The molecule has 1 aliphatic heterocycles. The minimum absolute atomic E-state index is 0.113. The third kappa shape index (κ3) is 3.38. The Labute approximate surface area is 142 Å². The van der Waals surface area contributed by atoms with Crippen molar-refractivity contribution in [3.63, 3.8) is 0 Å². The van der Waals surface area contributed by atoms with E-state index >= 15 is 0 Å². The normalized spacial score (nSPS) is 18.1. The number of morpholine rings is 1. The molecule has 0 aromatic heterocycles. The fourth-order valence-electron chi connectivity index (χ4n) is 2.90. The molecular weight excluding hydrogens is 362 g/mol. The lowest BCUT2D eigenvalue weighted by molar-refractivity contribution is -0.139. The first-order valence-corrected chi connectivity index (χ1v) is 8.14. The number of carboxylic acid groups (broad SMARTS) is 1. The first-order chi connectivity index (χ1) is 11.1. The number of hydrogen-bond donors (Lipinski definition) is 1. The average Bonchev–Trinajstić information content (AvgIpc) is 2.53. The second-order valence-corrected chi connectivity index (χ2v) is 6.42. The molecule has 0 radical (unpaired) electrons. The third-order valence-electron chi connectivity index (χ3n) is 3.96. The van der Waals surface area contributed by atoms with Crippen LogP contribution in [-0.2, 0) is 9.53 Å². The van der Waals surface area contributed by atoms with Gasteiger partial charge >= 0.3 is 5.97 Å². The van der Waals surface area contributed by atoms with Gasteiger partial charge in [0.05, 0.1) is 25.7 Å². The maximum atomic E-state index is 13.0. The van der Waals surface area contributed by atoms with E-state index in [1.54, 1.807) is 11.0 Å². The van der Waals surface area contributed by atoms with Gasteiger partial charge in [0.1, 0.15) is 0 Å². The molecule has 0 bridgehead atoms. The summed E-state index contributed by atoms with van der Waals surface area (Å²) in [7, 11) is 0. The van der Waals surface area contributed by atoms with Crippen LogP contribution in [0.4, 0.5) is 0 Å². The number of rotatable bonds is 3.